The second kappa shape index (κ2) is 5.78. The first-order valence-corrected chi connectivity index (χ1v) is 6.63. The van der Waals surface area contributed by atoms with E-state index in [1.165, 1.54) is 0 Å². The van der Waals surface area contributed by atoms with Gasteiger partial charge in [-0.05, 0) is 30.7 Å². The summed E-state index contributed by atoms with van der Waals surface area (Å²) in [6.45, 7) is 5.26. The van der Waals surface area contributed by atoms with Crippen molar-refractivity contribution < 1.29 is 9.53 Å². The highest BCUT2D eigenvalue weighted by atomic mass is 16.5. The van der Waals surface area contributed by atoms with Gasteiger partial charge in [0.25, 0.3) is 0 Å². The quantitative estimate of drug-likeness (QED) is 0.867. The lowest BCUT2D eigenvalue weighted by Crippen LogP contribution is -2.24. The fourth-order valence-electron chi connectivity index (χ4n) is 2.03. The number of ether oxygens (including phenoxy) is 1. The Balaban J connectivity index is 2.21. The van der Waals surface area contributed by atoms with E-state index in [9.17, 15) is 4.79 Å². The second-order valence-corrected chi connectivity index (χ2v) is 4.84. The smallest absolute Gasteiger partial charge is 0.222 e. The molecule has 0 aliphatic rings. The summed E-state index contributed by atoms with van der Waals surface area (Å²) >= 11 is 0. The van der Waals surface area contributed by atoms with Gasteiger partial charge in [-0.2, -0.15) is 0 Å². The van der Waals surface area contributed by atoms with Crippen LogP contribution in [0.25, 0.3) is 10.9 Å². The van der Waals surface area contributed by atoms with Crippen LogP contribution in [-0.4, -0.2) is 17.1 Å². The van der Waals surface area contributed by atoms with Crippen LogP contribution < -0.4 is 10.5 Å². The monoisotopic (exact) mass is 260 g/mol. The molecule has 2 aromatic rings. The van der Waals surface area contributed by atoms with E-state index >= 15 is 0 Å². The van der Waals surface area contributed by atoms with E-state index in [2.05, 4.69) is 6.92 Å². The van der Waals surface area contributed by atoms with Crippen molar-refractivity contribution in [3.05, 3.63) is 30.5 Å². The first-order valence-electron chi connectivity index (χ1n) is 6.63. The molecule has 4 heteroatoms. The van der Waals surface area contributed by atoms with Crippen LogP contribution in [0.15, 0.2) is 30.5 Å². The molecule has 0 aliphatic carbocycles. The van der Waals surface area contributed by atoms with Crippen LogP contribution in [0.5, 0.6) is 5.75 Å². The zero-order valence-corrected chi connectivity index (χ0v) is 11.4. The summed E-state index contributed by atoms with van der Waals surface area (Å²) in [4.78, 5) is 11.1. The third kappa shape index (κ3) is 3.08. The van der Waals surface area contributed by atoms with Crippen molar-refractivity contribution in [2.24, 2.45) is 11.7 Å². The molecule has 0 saturated carbocycles. The summed E-state index contributed by atoms with van der Waals surface area (Å²) in [5.41, 5.74) is 6.40. The van der Waals surface area contributed by atoms with Gasteiger partial charge in [-0.1, -0.05) is 13.8 Å². The number of aromatic nitrogens is 1. The van der Waals surface area contributed by atoms with E-state index in [0.717, 1.165) is 29.7 Å². The molecule has 0 aliphatic heterocycles. The van der Waals surface area contributed by atoms with E-state index in [0.29, 0.717) is 6.54 Å². The van der Waals surface area contributed by atoms with Gasteiger partial charge >= 0.3 is 0 Å². The Hall–Kier alpha value is -1.97. The first-order chi connectivity index (χ1) is 9.11. The van der Waals surface area contributed by atoms with Crippen LogP contribution in [0.2, 0.25) is 0 Å². The predicted molar refractivity (Wildman–Crippen MR) is 76.1 cm³/mol. The normalized spacial score (nSPS) is 12.5. The molecule has 102 valence electrons. The number of fused-ring (bicyclic) bond motifs is 1. The van der Waals surface area contributed by atoms with Crippen LogP contribution >= 0.6 is 0 Å². The van der Waals surface area contributed by atoms with Crippen LogP contribution in [0, 0.1) is 5.92 Å². The Morgan fingerprint density at radius 2 is 2.21 bits per heavy atom. The van der Waals surface area contributed by atoms with Crippen LogP contribution in [0.4, 0.5) is 0 Å². The molecule has 1 heterocycles. The lowest BCUT2D eigenvalue weighted by molar-refractivity contribution is -0.121. The van der Waals surface area contributed by atoms with Gasteiger partial charge in [0.05, 0.1) is 12.5 Å². The maximum atomic E-state index is 11.1. The SMILES string of the molecule is CCCOc1ccc2c(ccn2CC(C)C(N)=O)c1. The van der Waals surface area contributed by atoms with Crippen molar-refractivity contribution in [1.82, 2.24) is 4.57 Å². The van der Waals surface area contributed by atoms with Gasteiger partial charge in [-0.25, -0.2) is 0 Å². The number of carbonyl (C=O) groups is 1. The summed E-state index contributed by atoms with van der Waals surface area (Å²) in [5, 5.41) is 1.12. The highest BCUT2D eigenvalue weighted by Crippen LogP contribution is 2.23. The molecule has 1 unspecified atom stereocenters. The number of carbonyl (C=O) groups excluding carboxylic acids is 1. The molecule has 19 heavy (non-hydrogen) atoms. The molecular formula is C15H20N2O2. The number of primary amides is 1. The molecule has 2 rings (SSSR count). The molecule has 1 atom stereocenters. The molecular weight excluding hydrogens is 240 g/mol. The van der Waals surface area contributed by atoms with Crippen molar-refractivity contribution in [3.63, 3.8) is 0 Å². The van der Waals surface area contributed by atoms with E-state index < -0.39 is 0 Å². The number of hydrogen-bond acceptors (Lipinski definition) is 2. The van der Waals surface area contributed by atoms with E-state index in [4.69, 9.17) is 10.5 Å². The maximum absolute atomic E-state index is 11.1. The zero-order valence-electron chi connectivity index (χ0n) is 11.4. The van der Waals surface area contributed by atoms with Crippen LogP contribution in [-0.2, 0) is 11.3 Å². The van der Waals surface area contributed by atoms with Crippen molar-refractivity contribution >= 4 is 16.8 Å². The Morgan fingerprint density at radius 1 is 1.42 bits per heavy atom. The molecule has 0 spiro atoms. The zero-order chi connectivity index (χ0) is 13.8. The van der Waals surface area contributed by atoms with Crippen LogP contribution in [0.3, 0.4) is 0 Å². The van der Waals surface area contributed by atoms with Gasteiger partial charge in [0, 0.05) is 23.6 Å². The average molecular weight is 260 g/mol. The fourth-order valence-corrected chi connectivity index (χ4v) is 2.03. The van der Waals surface area contributed by atoms with Gasteiger partial charge in [0.15, 0.2) is 0 Å². The van der Waals surface area contributed by atoms with E-state index in [1.54, 1.807) is 0 Å². The fraction of sp³-hybridized carbons (Fsp3) is 0.400. The van der Waals surface area contributed by atoms with E-state index in [-0.39, 0.29) is 11.8 Å². The topological polar surface area (TPSA) is 57.2 Å². The largest absolute Gasteiger partial charge is 0.494 e. The number of amides is 1. The van der Waals surface area contributed by atoms with E-state index in [1.807, 2.05) is 42.0 Å². The molecule has 0 fully saturated rings. The number of rotatable bonds is 6. The summed E-state index contributed by atoms with van der Waals surface area (Å²) in [6, 6.07) is 8.04. The molecule has 0 saturated heterocycles. The highest BCUT2D eigenvalue weighted by Gasteiger charge is 2.11. The van der Waals surface area contributed by atoms with Crippen molar-refractivity contribution in [3.8, 4) is 5.75 Å². The average Bonchev–Trinajstić information content (AvgIpc) is 2.78. The first kappa shape index (κ1) is 13.5. The molecule has 0 bridgehead atoms. The van der Waals surface area contributed by atoms with Gasteiger partial charge in [0.2, 0.25) is 5.91 Å². The van der Waals surface area contributed by atoms with Crippen molar-refractivity contribution in [2.75, 3.05) is 6.61 Å². The minimum Gasteiger partial charge on any atom is -0.494 e. The third-order valence-electron chi connectivity index (χ3n) is 3.17. The molecule has 1 amide bonds. The number of hydrogen-bond donors (Lipinski definition) is 1. The maximum Gasteiger partial charge on any atom is 0.222 e. The Morgan fingerprint density at radius 3 is 2.89 bits per heavy atom. The molecule has 2 N–H and O–H groups in total. The van der Waals surface area contributed by atoms with Crippen LogP contribution in [0.1, 0.15) is 20.3 Å². The van der Waals surface area contributed by atoms with Gasteiger partial charge in [0.1, 0.15) is 5.75 Å². The lowest BCUT2D eigenvalue weighted by Gasteiger charge is -2.10. The Bertz CT molecular complexity index is 575. The predicted octanol–water partition coefficient (Wildman–Crippen LogP) is 2.55. The highest BCUT2D eigenvalue weighted by molar-refractivity contribution is 5.82. The number of nitrogens with zero attached hydrogens (tertiary/aromatic N) is 1. The lowest BCUT2D eigenvalue weighted by atomic mass is 10.1. The van der Waals surface area contributed by atoms with Gasteiger partial charge in [-0.3, -0.25) is 4.79 Å². The van der Waals surface area contributed by atoms with Gasteiger partial charge in [-0.15, -0.1) is 0 Å². The van der Waals surface area contributed by atoms with Crippen molar-refractivity contribution in [2.45, 2.75) is 26.8 Å². The minimum atomic E-state index is -0.273. The molecule has 0 radical (unpaired) electrons. The summed E-state index contributed by atoms with van der Waals surface area (Å²) in [6.07, 6.45) is 2.98. The molecule has 4 nitrogen and oxygen atoms in total. The molecule has 1 aromatic heterocycles. The van der Waals surface area contributed by atoms with Crippen molar-refractivity contribution in [1.29, 1.82) is 0 Å². The van der Waals surface area contributed by atoms with Gasteiger partial charge < -0.3 is 15.0 Å². The Kier molecular flexibility index (Phi) is 4.10. The summed E-state index contributed by atoms with van der Waals surface area (Å²) in [5.74, 6) is 0.436. The minimum absolute atomic E-state index is 0.174. The molecule has 1 aromatic carbocycles. The second-order valence-electron chi connectivity index (χ2n) is 4.84. The summed E-state index contributed by atoms with van der Waals surface area (Å²) < 4.78 is 7.66. The number of nitrogens with two attached hydrogens (primary N) is 1. The Labute approximate surface area is 113 Å². The summed E-state index contributed by atoms with van der Waals surface area (Å²) in [7, 11) is 0. The standard InChI is InChI=1S/C15H20N2O2/c1-3-8-19-13-4-5-14-12(9-13)6-7-17(14)10-11(2)15(16)18/h4-7,9,11H,3,8,10H2,1-2H3,(H2,16,18). The third-order valence-corrected chi connectivity index (χ3v) is 3.17. The number of benzene rings is 1.